The Morgan fingerprint density at radius 1 is 1.52 bits per heavy atom. The van der Waals surface area contributed by atoms with Gasteiger partial charge in [0.1, 0.15) is 23.0 Å². The normalized spacial score (nSPS) is 11.9. The van der Waals surface area contributed by atoms with Crippen LogP contribution in [0.15, 0.2) is 17.8 Å². The van der Waals surface area contributed by atoms with E-state index in [1.54, 1.807) is 17.8 Å². The average molecular weight is 308 g/mol. The molecule has 110 valence electrons. The zero-order chi connectivity index (χ0) is 15.2. The van der Waals surface area contributed by atoms with Gasteiger partial charge in [-0.2, -0.15) is 5.10 Å². The summed E-state index contributed by atoms with van der Waals surface area (Å²) < 4.78 is 6.31. The number of hydrogen-bond donors (Lipinski definition) is 1. The monoisotopic (exact) mass is 308 g/mol. The number of nitrogens with two attached hydrogens (primary N) is 1. The molecule has 1 unspecified atom stereocenters. The number of rotatable bonds is 7. The maximum absolute atomic E-state index is 11.4. The van der Waals surface area contributed by atoms with Crippen LogP contribution in [0.2, 0.25) is 0 Å². The summed E-state index contributed by atoms with van der Waals surface area (Å²) in [5.41, 5.74) is 6.49. The molecule has 0 aliphatic rings. The molecule has 0 aliphatic heterocycles. The second-order valence-electron chi connectivity index (χ2n) is 4.07. The molecule has 0 aromatic carbocycles. The molecule has 0 amide bonds. The molecule has 0 saturated heterocycles. The van der Waals surface area contributed by atoms with E-state index in [1.165, 1.54) is 16.0 Å². The van der Waals surface area contributed by atoms with Gasteiger partial charge in [-0.15, -0.1) is 11.3 Å². The number of carbonyl (C=O) groups excluding carboxylic acids is 3. The summed E-state index contributed by atoms with van der Waals surface area (Å²) in [6, 6.07) is -0.966. The molecule has 2 aromatic heterocycles. The smallest absolute Gasteiger partial charge is 0.325 e. The summed E-state index contributed by atoms with van der Waals surface area (Å²) in [6.45, 7) is -0.114. The molecule has 2 N–H and O–H groups in total. The molecule has 0 saturated carbocycles. The van der Waals surface area contributed by atoms with E-state index in [4.69, 9.17) is 10.5 Å². The van der Waals surface area contributed by atoms with Gasteiger partial charge in [-0.3, -0.25) is 9.59 Å². The van der Waals surface area contributed by atoms with E-state index in [0.717, 1.165) is 0 Å². The first-order chi connectivity index (χ1) is 10.1. The van der Waals surface area contributed by atoms with Crippen LogP contribution in [0.1, 0.15) is 16.9 Å². The van der Waals surface area contributed by atoms with Gasteiger partial charge in [0.05, 0.1) is 6.20 Å². The highest BCUT2D eigenvalue weighted by atomic mass is 32.1. The third kappa shape index (κ3) is 3.80. The van der Waals surface area contributed by atoms with E-state index < -0.39 is 12.0 Å². The SMILES string of the molecule is NC(CC=O)C(=O)OCn1cc(-c2nc(C=O)cs2)cn1. The third-order valence-corrected chi connectivity index (χ3v) is 3.42. The number of hydrogen-bond acceptors (Lipinski definition) is 8. The summed E-state index contributed by atoms with van der Waals surface area (Å²) in [5.74, 6) is -0.670. The van der Waals surface area contributed by atoms with Crippen molar-refractivity contribution >= 4 is 29.9 Å². The van der Waals surface area contributed by atoms with Gasteiger partial charge in [-0.05, 0) is 0 Å². The highest BCUT2D eigenvalue weighted by molar-refractivity contribution is 7.13. The minimum atomic E-state index is -0.966. The van der Waals surface area contributed by atoms with Crippen LogP contribution in [0.4, 0.5) is 0 Å². The molecule has 0 spiro atoms. The maximum Gasteiger partial charge on any atom is 0.325 e. The lowest BCUT2D eigenvalue weighted by molar-refractivity contribution is -0.150. The molecule has 8 nitrogen and oxygen atoms in total. The third-order valence-electron chi connectivity index (χ3n) is 2.51. The zero-order valence-corrected chi connectivity index (χ0v) is 11.7. The van der Waals surface area contributed by atoms with Crippen LogP contribution in [0, 0.1) is 0 Å². The topological polar surface area (TPSA) is 117 Å². The quantitative estimate of drug-likeness (QED) is 0.575. The fraction of sp³-hybridized carbons (Fsp3) is 0.250. The van der Waals surface area contributed by atoms with E-state index in [1.807, 2.05) is 0 Å². The maximum atomic E-state index is 11.4. The van der Waals surface area contributed by atoms with Crippen molar-refractivity contribution < 1.29 is 19.1 Å². The van der Waals surface area contributed by atoms with Crippen LogP contribution < -0.4 is 5.73 Å². The Hall–Kier alpha value is -2.39. The zero-order valence-electron chi connectivity index (χ0n) is 10.8. The predicted octanol–water partition coefficient (Wildman–Crippen LogP) is 0.236. The number of thiazole rings is 1. The Morgan fingerprint density at radius 2 is 2.33 bits per heavy atom. The van der Waals surface area contributed by atoms with Gasteiger partial charge in [0, 0.05) is 23.6 Å². The fourth-order valence-corrected chi connectivity index (χ4v) is 2.19. The summed E-state index contributed by atoms with van der Waals surface area (Å²) in [4.78, 5) is 36.3. The molecule has 2 aromatic rings. The molecule has 2 heterocycles. The highest BCUT2D eigenvalue weighted by Gasteiger charge is 2.14. The van der Waals surface area contributed by atoms with Gasteiger partial charge < -0.3 is 15.3 Å². The van der Waals surface area contributed by atoms with Gasteiger partial charge in [-0.1, -0.05) is 0 Å². The van der Waals surface area contributed by atoms with Crippen LogP contribution >= 0.6 is 11.3 Å². The number of aldehydes is 2. The fourth-order valence-electron chi connectivity index (χ4n) is 1.45. The lowest BCUT2D eigenvalue weighted by Crippen LogP contribution is -2.33. The Balaban J connectivity index is 1.95. The highest BCUT2D eigenvalue weighted by Crippen LogP contribution is 2.22. The molecule has 1 atom stereocenters. The number of nitrogens with zero attached hydrogens (tertiary/aromatic N) is 3. The van der Waals surface area contributed by atoms with Gasteiger partial charge in [0.15, 0.2) is 13.0 Å². The lowest BCUT2D eigenvalue weighted by Gasteiger charge is -2.08. The van der Waals surface area contributed by atoms with Crippen molar-refractivity contribution in [1.82, 2.24) is 14.8 Å². The van der Waals surface area contributed by atoms with Gasteiger partial charge >= 0.3 is 5.97 Å². The van der Waals surface area contributed by atoms with E-state index in [9.17, 15) is 14.4 Å². The van der Waals surface area contributed by atoms with E-state index in [0.29, 0.717) is 28.8 Å². The minimum Gasteiger partial charge on any atom is -0.441 e. The largest absolute Gasteiger partial charge is 0.441 e. The van der Waals surface area contributed by atoms with Crippen molar-refractivity contribution in [2.24, 2.45) is 5.73 Å². The summed E-state index contributed by atoms with van der Waals surface area (Å²) >= 11 is 1.31. The van der Waals surface area contributed by atoms with Crippen molar-refractivity contribution in [1.29, 1.82) is 0 Å². The van der Waals surface area contributed by atoms with Gasteiger partial charge in [-0.25, -0.2) is 9.67 Å². The van der Waals surface area contributed by atoms with Crippen LogP contribution in [0.5, 0.6) is 0 Å². The van der Waals surface area contributed by atoms with Crippen molar-refractivity contribution in [3.63, 3.8) is 0 Å². The molecule has 0 aliphatic carbocycles. The van der Waals surface area contributed by atoms with Crippen LogP contribution in [-0.4, -0.2) is 39.3 Å². The van der Waals surface area contributed by atoms with E-state index >= 15 is 0 Å². The van der Waals surface area contributed by atoms with Crippen molar-refractivity contribution in [3.05, 3.63) is 23.5 Å². The molecule has 0 bridgehead atoms. The molecule has 0 radical (unpaired) electrons. The van der Waals surface area contributed by atoms with Crippen molar-refractivity contribution in [3.8, 4) is 10.6 Å². The Kier molecular flexibility index (Phi) is 4.90. The number of esters is 1. The standard InChI is InChI=1S/C12H12N4O4S/c13-10(1-2-17)12(19)20-7-16-4-8(3-14-16)11-15-9(5-18)6-21-11/h2-6,10H,1,7,13H2. The predicted molar refractivity (Wildman–Crippen MR) is 73.5 cm³/mol. The number of ether oxygens (including phenoxy) is 1. The Bertz CT molecular complexity index is 651. The second-order valence-corrected chi connectivity index (χ2v) is 4.92. The second kappa shape index (κ2) is 6.86. The first kappa shape index (κ1) is 15.0. The molecule has 9 heteroatoms. The molecular weight excluding hydrogens is 296 g/mol. The van der Waals surface area contributed by atoms with Gasteiger partial charge in [0.2, 0.25) is 0 Å². The Labute approximate surface area is 123 Å². The number of aromatic nitrogens is 3. The average Bonchev–Trinajstić information content (AvgIpc) is 3.13. The van der Waals surface area contributed by atoms with Crippen LogP contribution in [0.25, 0.3) is 10.6 Å². The summed E-state index contributed by atoms with van der Waals surface area (Å²) in [5, 5.41) is 6.30. The molecule has 0 fully saturated rings. The summed E-state index contributed by atoms with van der Waals surface area (Å²) in [7, 11) is 0. The molecule has 2 rings (SSSR count). The minimum absolute atomic E-state index is 0.0865. The van der Waals surface area contributed by atoms with E-state index in [-0.39, 0.29) is 13.2 Å². The number of carbonyl (C=O) groups is 3. The molecular formula is C12H12N4O4S. The Morgan fingerprint density at radius 3 is 3.00 bits per heavy atom. The van der Waals surface area contributed by atoms with Gasteiger partial charge in [0.25, 0.3) is 0 Å². The van der Waals surface area contributed by atoms with Crippen LogP contribution in [-0.2, 0) is 21.1 Å². The first-order valence-corrected chi connectivity index (χ1v) is 6.81. The molecule has 21 heavy (non-hydrogen) atoms. The van der Waals surface area contributed by atoms with E-state index in [2.05, 4.69) is 10.1 Å². The first-order valence-electron chi connectivity index (χ1n) is 5.93. The summed E-state index contributed by atoms with van der Waals surface area (Å²) in [6.07, 6.45) is 4.32. The lowest BCUT2D eigenvalue weighted by atomic mass is 10.2. The van der Waals surface area contributed by atoms with Crippen molar-refractivity contribution in [2.45, 2.75) is 19.2 Å². The van der Waals surface area contributed by atoms with Crippen LogP contribution in [0.3, 0.4) is 0 Å². The van der Waals surface area contributed by atoms with Crippen molar-refractivity contribution in [2.75, 3.05) is 0 Å².